The van der Waals surface area contributed by atoms with Gasteiger partial charge in [-0.3, -0.25) is 4.79 Å². The maximum absolute atomic E-state index is 10.3. The summed E-state index contributed by atoms with van der Waals surface area (Å²) in [5, 5.41) is 0. The van der Waals surface area contributed by atoms with Crippen molar-refractivity contribution < 1.29 is 4.79 Å². The summed E-state index contributed by atoms with van der Waals surface area (Å²) in [5.74, 6) is 0. The molecule has 116 valence electrons. The highest BCUT2D eigenvalue weighted by molar-refractivity contribution is 5.66. The van der Waals surface area contributed by atoms with Crippen LogP contribution in [-0.2, 0) is 4.79 Å². The van der Waals surface area contributed by atoms with Crippen LogP contribution in [0.25, 0.3) is 0 Å². The lowest BCUT2D eigenvalue weighted by atomic mass is 9.79. The summed E-state index contributed by atoms with van der Waals surface area (Å²) in [6.07, 6.45) is 13.8. The predicted molar refractivity (Wildman–Crippen MR) is 94.3 cm³/mol. The van der Waals surface area contributed by atoms with Gasteiger partial charge in [-0.15, -0.1) is 0 Å². The molecule has 1 heteroatoms. The van der Waals surface area contributed by atoms with E-state index < -0.39 is 0 Å². The van der Waals surface area contributed by atoms with Crippen LogP contribution in [0.5, 0.6) is 0 Å². The number of allylic oxidation sites excluding steroid dienone is 10. The Balaban J connectivity index is 5.06. The second-order valence-electron chi connectivity index (χ2n) is 6.30. The highest BCUT2D eigenvalue weighted by Crippen LogP contribution is 2.33. The fraction of sp³-hybridized carbons (Fsp3) is 0.450. The topological polar surface area (TPSA) is 17.1 Å². The molecule has 0 unspecified atom stereocenters. The predicted octanol–water partition coefficient (Wildman–Crippen LogP) is 5.96. The minimum absolute atomic E-state index is 0.203. The van der Waals surface area contributed by atoms with Crippen LogP contribution in [0, 0.1) is 5.41 Å². The lowest BCUT2D eigenvalue weighted by Crippen LogP contribution is -2.13. The molecule has 0 aliphatic rings. The van der Waals surface area contributed by atoms with Gasteiger partial charge in [0, 0.05) is 0 Å². The maximum Gasteiger partial charge on any atom is 0.143 e. The molecule has 0 aromatic carbocycles. The van der Waals surface area contributed by atoms with Crippen molar-refractivity contribution in [1.82, 2.24) is 0 Å². The Kier molecular flexibility index (Phi) is 8.61. The quantitative estimate of drug-likeness (QED) is 0.320. The second kappa shape index (κ2) is 9.33. The minimum Gasteiger partial charge on any atom is -0.299 e. The Labute approximate surface area is 130 Å². The molecule has 0 bridgehead atoms. The van der Waals surface area contributed by atoms with Crippen molar-refractivity contribution in [1.29, 1.82) is 0 Å². The summed E-state index contributed by atoms with van der Waals surface area (Å²) in [4.78, 5) is 10.3. The molecule has 0 aromatic heterocycles. The lowest BCUT2D eigenvalue weighted by Gasteiger charge is -2.26. The molecular formula is C20H30O. The van der Waals surface area contributed by atoms with E-state index in [-0.39, 0.29) is 5.41 Å². The summed E-state index contributed by atoms with van der Waals surface area (Å²) < 4.78 is 0. The molecule has 0 radical (unpaired) electrons. The number of aldehydes is 1. The standard InChI is InChI=1S/C20H30O/c1-8-20(6,7)19(16(2)3)13-12-17(4)10-9-11-18(5)14-15-21/h9-15H,8H2,1-7H3/b11-9+,13-12+,17-10+,18-14+. The zero-order chi connectivity index (χ0) is 16.5. The van der Waals surface area contributed by atoms with Gasteiger partial charge in [-0.2, -0.15) is 0 Å². The largest absolute Gasteiger partial charge is 0.299 e. The molecule has 0 saturated carbocycles. The monoisotopic (exact) mass is 286 g/mol. The van der Waals surface area contributed by atoms with Crippen LogP contribution >= 0.6 is 0 Å². The number of rotatable bonds is 7. The molecule has 0 aliphatic heterocycles. The van der Waals surface area contributed by atoms with Gasteiger partial charge < -0.3 is 0 Å². The molecule has 0 aliphatic carbocycles. The third-order valence-corrected chi connectivity index (χ3v) is 3.71. The molecule has 0 rings (SSSR count). The van der Waals surface area contributed by atoms with Crippen molar-refractivity contribution in [2.45, 2.75) is 54.9 Å². The number of carbonyl (C=O) groups excluding carboxylic acids is 1. The molecule has 0 heterocycles. The van der Waals surface area contributed by atoms with E-state index in [0.29, 0.717) is 0 Å². The Hall–Kier alpha value is -1.63. The van der Waals surface area contributed by atoms with Crippen LogP contribution in [0.2, 0.25) is 0 Å². The fourth-order valence-corrected chi connectivity index (χ4v) is 2.04. The first-order chi connectivity index (χ1) is 9.74. The zero-order valence-corrected chi connectivity index (χ0v) is 14.7. The second-order valence-corrected chi connectivity index (χ2v) is 6.30. The SMILES string of the molecule is CCC(C)(C)C(/C=C/C(C)=C/C=C/C(C)=C/C=O)=C(C)C. The van der Waals surface area contributed by atoms with Gasteiger partial charge in [-0.25, -0.2) is 0 Å². The molecule has 0 atom stereocenters. The summed E-state index contributed by atoms with van der Waals surface area (Å²) in [6.45, 7) is 15.1. The van der Waals surface area contributed by atoms with E-state index in [0.717, 1.165) is 18.3 Å². The van der Waals surface area contributed by atoms with Crippen LogP contribution in [0.3, 0.4) is 0 Å². The maximum atomic E-state index is 10.3. The Bertz CT molecular complexity index is 490. The van der Waals surface area contributed by atoms with E-state index in [9.17, 15) is 4.79 Å². The van der Waals surface area contributed by atoms with Gasteiger partial charge in [0.1, 0.15) is 6.29 Å². The van der Waals surface area contributed by atoms with Crippen molar-refractivity contribution >= 4 is 6.29 Å². The smallest absolute Gasteiger partial charge is 0.143 e. The van der Waals surface area contributed by atoms with Crippen LogP contribution < -0.4 is 0 Å². The Morgan fingerprint density at radius 3 is 1.95 bits per heavy atom. The van der Waals surface area contributed by atoms with Gasteiger partial charge in [-0.1, -0.05) is 62.3 Å². The van der Waals surface area contributed by atoms with Gasteiger partial charge in [0.05, 0.1) is 0 Å². The minimum atomic E-state index is 0.203. The van der Waals surface area contributed by atoms with Crippen LogP contribution in [0.4, 0.5) is 0 Å². The first kappa shape index (κ1) is 19.4. The van der Waals surface area contributed by atoms with Gasteiger partial charge >= 0.3 is 0 Å². The Morgan fingerprint density at radius 1 is 0.905 bits per heavy atom. The highest BCUT2D eigenvalue weighted by atomic mass is 16.1. The van der Waals surface area contributed by atoms with Crippen LogP contribution in [0.1, 0.15) is 54.9 Å². The van der Waals surface area contributed by atoms with Crippen molar-refractivity contribution in [3.05, 3.63) is 58.7 Å². The molecule has 0 aromatic rings. The van der Waals surface area contributed by atoms with Gasteiger partial charge in [-0.05, 0) is 56.8 Å². The lowest BCUT2D eigenvalue weighted by molar-refractivity contribution is -0.104. The van der Waals surface area contributed by atoms with Crippen molar-refractivity contribution in [3.8, 4) is 0 Å². The van der Waals surface area contributed by atoms with Gasteiger partial charge in [0.15, 0.2) is 0 Å². The van der Waals surface area contributed by atoms with Crippen LogP contribution in [-0.4, -0.2) is 6.29 Å². The summed E-state index contributed by atoms with van der Waals surface area (Å²) in [6, 6.07) is 0. The normalized spacial score (nSPS) is 14.0. The van der Waals surface area contributed by atoms with Gasteiger partial charge in [0.2, 0.25) is 0 Å². The number of hydrogen-bond acceptors (Lipinski definition) is 1. The van der Waals surface area contributed by atoms with Gasteiger partial charge in [0.25, 0.3) is 0 Å². The fourth-order valence-electron chi connectivity index (χ4n) is 2.04. The third-order valence-electron chi connectivity index (χ3n) is 3.71. The zero-order valence-electron chi connectivity index (χ0n) is 14.7. The van der Waals surface area contributed by atoms with E-state index in [4.69, 9.17) is 0 Å². The van der Waals surface area contributed by atoms with Crippen molar-refractivity contribution in [2.75, 3.05) is 0 Å². The molecule has 0 N–H and O–H groups in total. The summed E-state index contributed by atoms with van der Waals surface area (Å²) in [5.41, 5.74) is 5.12. The van der Waals surface area contributed by atoms with E-state index in [2.05, 4.69) is 59.8 Å². The molecular weight excluding hydrogens is 256 g/mol. The molecule has 0 saturated heterocycles. The van der Waals surface area contributed by atoms with Crippen molar-refractivity contribution in [3.63, 3.8) is 0 Å². The molecule has 0 fully saturated rings. The average Bonchev–Trinajstić information content (AvgIpc) is 2.38. The number of hydrogen-bond donors (Lipinski definition) is 0. The Morgan fingerprint density at radius 2 is 1.48 bits per heavy atom. The van der Waals surface area contributed by atoms with E-state index >= 15 is 0 Å². The highest BCUT2D eigenvalue weighted by Gasteiger charge is 2.19. The first-order valence-corrected chi connectivity index (χ1v) is 7.57. The number of carbonyl (C=O) groups is 1. The van der Waals surface area contributed by atoms with E-state index in [1.54, 1.807) is 6.08 Å². The summed E-state index contributed by atoms with van der Waals surface area (Å²) >= 11 is 0. The molecule has 1 nitrogen and oxygen atoms in total. The van der Waals surface area contributed by atoms with Crippen molar-refractivity contribution in [2.24, 2.45) is 5.41 Å². The van der Waals surface area contributed by atoms with Crippen LogP contribution in [0.15, 0.2) is 58.7 Å². The molecule has 0 spiro atoms. The average molecular weight is 286 g/mol. The molecule has 21 heavy (non-hydrogen) atoms. The third kappa shape index (κ3) is 7.65. The molecule has 0 amide bonds. The van der Waals surface area contributed by atoms with E-state index in [1.165, 1.54) is 16.7 Å². The van der Waals surface area contributed by atoms with E-state index in [1.807, 2.05) is 19.1 Å². The first-order valence-electron chi connectivity index (χ1n) is 7.57. The summed E-state index contributed by atoms with van der Waals surface area (Å²) in [7, 11) is 0.